The molecule has 0 amide bonds. The molecule has 0 aliphatic rings. The molecular formula is C18H22ClFIN3O. The maximum Gasteiger partial charge on any atom is 0.193 e. The first-order valence-electron chi connectivity index (χ1n) is 7.49. The van der Waals surface area contributed by atoms with Crippen LogP contribution in [0.4, 0.5) is 10.1 Å². The van der Waals surface area contributed by atoms with E-state index >= 15 is 0 Å². The normalized spacial score (nSPS) is 11.6. The first-order chi connectivity index (χ1) is 11.3. The van der Waals surface area contributed by atoms with Crippen molar-refractivity contribution in [1.82, 2.24) is 0 Å². The molecule has 0 unspecified atom stereocenters. The Labute approximate surface area is 169 Å². The molecule has 3 N–H and O–H groups in total. The highest BCUT2D eigenvalue weighted by Gasteiger charge is 2.23. The van der Waals surface area contributed by atoms with Gasteiger partial charge in [0.05, 0.1) is 19.3 Å². The van der Waals surface area contributed by atoms with Gasteiger partial charge >= 0.3 is 0 Å². The van der Waals surface area contributed by atoms with Crippen molar-refractivity contribution in [3.8, 4) is 5.75 Å². The number of nitrogens with two attached hydrogens (primary N) is 1. The quantitative estimate of drug-likeness (QED) is 0.369. The molecule has 0 heterocycles. The molecule has 0 atom stereocenters. The summed E-state index contributed by atoms with van der Waals surface area (Å²) in [6.45, 7) is 4.35. The van der Waals surface area contributed by atoms with Crippen LogP contribution in [0.1, 0.15) is 19.4 Å². The van der Waals surface area contributed by atoms with Crippen molar-refractivity contribution in [2.45, 2.75) is 19.3 Å². The Morgan fingerprint density at radius 3 is 2.60 bits per heavy atom. The number of nitrogens with zero attached hydrogens (tertiary/aromatic N) is 1. The number of guanidine groups is 1. The topological polar surface area (TPSA) is 59.6 Å². The van der Waals surface area contributed by atoms with E-state index in [2.05, 4.69) is 10.3 Å². The van der Waals surface area contributed by atoms with Gasteiger partial charge in [0.25, 0.3) is 0 Å². The Morgan fingerprint density at radius 1 is 1.28 bits per heavy atom. The van der Waals surface area contributed by atoms with E-state index in [0.717, 1.165) is 11.3 Å². The van der Waals surface area contributed by atoms with Crippen LogP contribution in [0.5, 0.6) is 5.75 Å². The number of anilines is 1. The molecule has 0 fully saturated rings. The summed E-state index contributed by atoms with van der Waals surface area (Å²) in [5.41, 5.74) is 7.13. The standard InChI is InChI=1S/C18H21ClFN3O.HI/c1-18(2,13-9-8-12(20)10-14(13)19)11-22-17(21)23-15-6-4-5-7-16(15)24-3;/h4-10H,11H2,1-3H3,(H3,21,22,23);1H. The summed E-state index contributed by atoms with van der Waals surface area (Å²) in [6.07, 6.45) is 0. The average Bonchev–Trinajstić information content (AvgIpc) is 2.53. The van der Waals surface area contributed by atoms with Crippen molar-refractivity contribution >= 4 is 47.2 Å². The first-order valence-corrected chi connectivity index (χ1v) is 7.87. The zero-order valence-corrected chi connectivity index (χ0v) is 17.4. The fraction of sp³-hybridized carbons (Fsp3) is 0.278. The number of benzene rings is 2. The molecule has 0 aliphatic heterocycles. The highest BCUT2D eigenvalue weighted by Crippen LogP contribution is 2.31. The fourth-order valence-corrected chi connectivity index (χ4v) is 2.75. The molecule has 7 heteroatoms. The van der Waals surface area contributed by atoms with Crippen LogP contribution >= 0.6 is 35.6 Å². The van der Waals surface area contributed by atoms with E-state index in [1.807, 2.05) is 38.1 Å². The van der Waals surface area contributed by atoms with Gasteiger partial charge in [-0.05, 0) is 29.8 Å². The molecule has 0 bridgehead atoms. The molecule has 0 saturated carbocycles. The summed E-state index contributed by atoms with van der Waals surface area (Å²) in [5.74, 6) is 0.586. The van der Waals surface area contributed by atoms with Crippen molar-refractivity contribution in [1.29, 1.82) is 0 Å². The van der Waals surface area contributed by atoms with E-state index in [9.17, 15) is 4.39 Å². The minimum absolute atomic E-state index is 0. The lowest BCUT2D eigenvalue weighted by molar-refractivity contribution is 0.417. The third-order valence-corrected chi connectivity index (χ3v) is 3.99. The van der Waals surface area contributed by atoms with Gasteiger partial charge in [-0.25, -0.2) is 4.39 Å². The minimum atomic E-state index is -0.391. The summed E-state index contributed by atoms with van der Waals surface area (Å²) in [7, 11) is 1.59. The SMILES string of the molecule is COc1ccccc1NC(N)=NCC(C)(C)c1ccc(F)cc1Cl.I. The molecule has 0 radical (unpaired) electrons. The Bertz CT molecular complexity index is 753. The second kappa shape index (κ2) is 9.24. The van der Waals surface area contributed by atoms with Crippen molar-refractivity contribution in [3.05, 3.63) is 58.9 Å². The Morgan fingerprint density at radius 2 is 1.96 bits per heavy atom. The predicted octanol–water partition coefficient (Wildman–Crippen LogP) is 4.81. The lowest BCUT2D eigenvalue weighted by atomic mass is 9.84. The number of aliphatic imine (C=N–C) groups is 1. The van der Waals surface area contributed by atoms with Crippen molar-refractivity contribution in [2.24, 2.45) is 10.7 Å². The van der Waals surface area contributed by atoms with E-state index in [1.165, 1.54) is 12.1 Å². The fourth-order valence-electron chi connectivity index (χ4n) is 2.33. The summed E-state index contributed by atoms with van der Waals surface area (Å²) < 4.78 is 18.5. The van der Waals surface area contributed by atoms with Gasteiger partial charge in [0.2, 0.25) is 0 Å². The predicted molar refractivity (Wildman–Crippen MR) is 113 cm³/mol. The molecule has 0 aromatic heterocycles. The van der Waals surface area contributed by atoms with Crippen LogP contribution in [0.25, 0.3) is 0 Å². The molecular weight excluding hydrogens is 456 g/mol. The number of hydrogen-bond acceptors (Lipinski definition) is 2. The van der Waals surface area contributed by atoms with Crippen LogP contribution in [0.3, 0.4) is 0 Å². The third-order valence-electron chi connectivity index (χ3n) is 3.67. The van der Waals surface area contributed by atoms with E-state index < -0.39 is 5.41 Å². The number of nitrogens with one attached hydrogen (secondary N) is 1. The van der Waals surface area contributed by atoms with Gasteiger partial charge in [-0.15, -0.1) is 24.0 Å². The monoisotopic (exact) mass is 477 g/mol. The maximum absolute atomic E-state index is 13.2. The van der Waals surface area contributed by atoms with E-state index in [1.54, 1.807) is 13.2 Å². The molecule has 2 aromatic rings. The van der Waals surface area contributed by atoms with Gasteiger partial charge in [-0.2, -0.15) is 0 Å². The van der Waals surface area contributed by atoms with Gasteiger partial charge in [0.1, 0.15) is 11.6 Å². The Balaban J connectivity index is 0.00000312. The number of methoxy groups -OCH3 is 1. The number of para-hydroxylation sites is 2. The van der Waals surface area contributed by atoms with E-state index in [0.29, 0.717) is 17.3 Å². The minimum Gasteiger partial charge on any atom is -0.495 e. The number of halogens is 3. The second-order valence-electron chi connectivity index (χ2n) is 6.03. The van der Waals surface area contributed by atoms with Crippen molar-refractivity contribution in [2.75, 3.05) is 19.0 Å². The van der Waals surface area contributed by atoms with Gasteiger partial charge < -0.3 is 15.8 Å². The largest absolute Gasteiger partial charge is 0.495 e. The molecule has 136 valence electrons. The third kappa shape index (κ3) is 5.74. The van der Waals surface area contributed by atoms with Crippen LogP contribution < -0.4 is 15.8 Å². The lowest BCUT2D eigenvalue weighted by Crippen LogP contribution is -2.28. The van der Waals surface area contributed by atoms with Crippen LogP contribution in [-0.4, -0.2) is 19.6 Å². The zero-order chi connectivity index (χ0) is 17.7. The summed E-state index contributed by atoms with van der Waals surface area (Å²) >= 11 is 6.15. The van der Waals surface area contributed by atoms with Crippen molar-refractivity contribution in [3.63, 3.8) is 0 Å². The second-order valence-corrected chi connectivity index (χ2v) is 6.44. The average molecular weight is 478 g/mol. The summed E-state index contributed by atoms with van der Waals surface area (Å²) in [6, 6.07) is 11.8. The highest BCUT2D eigenvalue weighted by molar-refractivity contribution is 14.0. The molecule has 25 heavy (non-hydrogen) atoms. The van der Waals surface area contributed by atoms with Crippen molar-refractivity contribution < 1.29 is 9.13 Å². The van der Waals surface area contributed by atoms with E-state index in [4.69, 9.17) is 22.1 Å². The van der Waals surface area contributed by atoms with Gasteiger partial charge in [0.15, 0.2) is 5.96 Å². The summed E-state index contributed by atoms with van der Waals surface area (Å²) in [4.78, 5) is 4.38. The van der Waals surface area contributed by atoms with Crippen LogP contribution in [0.2, 0.25) is 5.02 Å². The lowest BCUT2D eigenvalue weighted by Gasteiger charge is -2.24. The highest BCUT2D eigenvalue weighted by atomic mass is 127. The molecule has 2 rings (SSSR count). The number of rotatable bonds is 5. The van der Waals surface area contributed by atoms with Crippen LogP contribution in [-0.2, 0) is 5.41 Å². The smallest absolute Gasteiger partial charge is 0.193 e. The maximum atomic E-state index is 13.2. The van der Waals surface area contributed by atoms with Gasteiger partial charge in [-0.1, -0.05) is 43.6 Å². The number of hydrogen-bond donors (Lipinski definition) is 2. The van der Waals surface area contributed by atoms with Crippen LogP contribution in [0, 0.1) is 5.82 Å². The van der Waals surface area contributed by atoms with Crippen LogP contribution in [0.15, 0.2) is 47.5 Å². The molecule has 0 aliphatic carbocycles. The molecule has 0 spiro atoms. The van der Waals surface area contributed by atoms with Gasteiger partial charge in [0, 0.05) is 10.4 Å². The summed E-state index contributed by atoms with van der Waals surface area (Å²) in [5, 5.41) is 3.40. The molecule has 4 nitrogen and oxygen atoms in total. The Kier molecular flexibility index (Phi) is 7.95. The van der Waals surface area contributed by atoms with E-state index in [-0.39, 0.29) is 35.8 Å². The Hall–Kier alpha value is -1.54. The number of ether oxygens (including phenoxy) is 1. The van der Waals surface area contributed by atoms with Gasteiger partial charge in [-0.3, -0.25) is 4.99 Å². The molecule has 0 saturated heterocycles. The molecule has 2 aromatic carbocycles. The first kappa shape index (κ1) is 21.5. The zero-order valence-electron chi connectivity index (χ0n) is 14.3.